The van der Waals surface area contributed by atoms with E-state index in [1.807, 2.05) is 13.0 Å². The Balaban J connectivity index is 2.17. The number of aromatic nitrogens is 1. The first-order valence-corrected chi connectivity index (χ1v) is 5.99. The fraction of sp³-hybridized carbons (Fsp3) is 0.417. The second kappa shape index (κ2) is 4.41. The summed E-state index contributed by atoms with van der Waals surface area (Å²) in [5.74, 6) is -0.104. The third-order valence-corrected chi connectivity index (χ3v) is 3.79. The Bertz CT molecular complexity index is 469. The number of amides is 1. The van der Waals surface area contributed by atoms with Crippen molar-refractivity contribution in [3.05, 3.63) is 24.0 Å². The molecule has 5 heteroatoms. The highest BCUT2D eigenvalue weighted by molar-refractivity contribution is 7.80. The molecule has 1 aromatic rings. The number of thiocarbonyl (C=S) groups is 1. The van der Waals surface area contributed by atoms with Gasteiger partial charge in [0.25, 0.3) is 0 Å². The lowest BCUT2D eigenvalue weighted by Crippen LogP contribution is -2.50. The molecular weight excluding hydrogens is 234 g/mol. The zero-order chi connectivity index (χ0) is 12.5. The van der Waals surface area contributed by atoms with E-state index in [1.54, 1.807) is 12.4 Å². The van der Waals surface area contributed by atoms with Gasteiger partial charge in [0.05, 0.1) is 22.3 Å². The quantitative estimate of drug-likeness (QED) is 0.801. The van der Waals surface area contributed by atoms with Crippen molar-refractivity contribution >= 4 is 28.8 Å². The lowest BCUT2D eigenvalue weighted by molar-refractivity contribution is -0.125. The molecule has 90 valence electrons. The summed E-state index contributed by atoms with van der Waals surface area (Å²) in [6, 6.07) is 1.85. The molecule has 3 N–H and O–H groups in total. The minimum Gasteiger partial charge on any atom is -0.392 e. The summed E-state index contributed by atoms with van der Waals surface area (Å²) >= 11 is 5.01. The molecule has 0 unspecified atom stereocenters. The standard InChI is InChI=1S/C12H15N3OS/c1-8-3-6-14-7-9(8)15-11(16)12(10(13)17)4-2-5-12/h3,6-7H,2,4-5H2,1H3,(H2,13,17)(H,15,16). The smallest absolute Gasteiger partial charge is 0.237 e. The van der Waals surface area contributed by atoms with Gasteiger partial charge in [-0.15, -0.1) is 0 Å². The van der Waals surface area contributed by atoms with E-state index in [-0.39, 0.29) is 5.91 Å². The molecular formula is C12H15N3OS. The minimum absolute atomic E-state index is 0.104. The number of hydrogen-bond donors (Lipinski definition) is 2. The van der Waals surface area contributed by atoms with Crippen LogP contribution in [0.1, 0.15) is 24.8 Å². The van der Waals surface area contributed by atoms with Crippen molar-refractivity contribution in [2.75, 3.05) is 5.32 Å². The van der Waals surface area contributed by atoms with Crippen LogP contribution in [0.5, 0.6) is 0 Å². The van der Waals surface area contributed by atoms with Gasteiger partial charge >= 0.3 is 0 Å². The molecule has 2 rings (SSSR count). The second-order valence-electron chi connectivity index (χ2n) is 4.44. The summed E-state index contributed by atoms with van der Waals surface area (Å²) in [5.41, 5.74) is 6.74. The van der Waals surface area contributed by atoms with E-state index in [0.29, 0.717) is 4.99 Å². The Kier molecular flexibility index (Phi) is 3.11. The van der Waals surface area contributed by atoms with Crippen LogP contribution in [0.25, 0.3) is 0 Å². The number of rotatable bonds is 3. The number of aryl methyl sites for hydroxylation is 1. The Morgan fingerprint density at radius 3 is 2.76 bits per heavy atom. The molecule has 1 aliphatic rings. The fourth-order valence-corrected chi connectivity index (χ4v) is 2.25. The van der Waals surface area contributed by atoms with Crippen LogP contribution in [-0.4, -0.2) is 15.9 Å². The maximum Gasteiger partial charge on any atom is 0.237 e. The lowest BCUT2D eigenvalue weighted by atomic mass is 9.68. The summed E-state index contributed by atoms with van der Waals surface area (Å²) in [5, 5.41) is 2.87. The minimum atomic E-state index is -0.641. The molecule has 1 aromatic heterocycles. The van der Waals surface area contributed by atoms with Crippen molar-refractivity contribution in [1.82, 2.24) is 4.98 Å². The summed E-state index contributed by atoms with van der Waals surface area (Å²) < 4.78 is 0. The third kappa shape index (κ3) is 2.02. The Morgan fingerprint density at radius 2 is 2.29 bits per heavy atom. The molecule has 0 aromatic carbocycles. The topological polar surface area (TPSA) is 68.0 Å². The molecule has 0 spiro atoms. The summed E-state index contributed by atoms with van der Waals surface area (Å²) in [4.78, 5) is 16.5. The highest BCUT2D eigenvalue weighted by Gasteiger charge is 2.47. The normalized spacial score (nSPS) is 17.0. The van der Waals surface area contributed by atoms with Gasteiger partial charge in [-0.3, -0.25) is 9.78 Å². The molecule has 17 heavy (non-hydrogen) atoms. The van der Waals surface area contributed by atoms with Gasteiger partial charge in [-0.05, 0) is 31.4 Å². The van der Waals surface area contributed by atoms with Crippen molar-refractivity contribution in [2.24, 2.45) is 11.1 Å². The van der Waals surface area contributed by atoms with Gasteiger partial charge in [0, 0.05) is 6.20 Å². The average molecular weight is 249 g/mol. The molecule has 1 saturated carbocycles. The number of carbonyl (C=O) groups excluding carboxylic acids is 1. The predicted octanol–water partition coefficient (Wildman–Crippen LogP) is 1.78. The summed E-state index contributed by atoms with van der Waals surface area (Å²) in [6.07, 6.45) is 5.81. The zero-order valence-corrected chi connectivity index (χ0v) is 10.5. The van der Waals surface area contributed by atoms with E-state index >= 15 is 0 Å². The summed E-state index contributed by atoms with van der Waals surface area (Å²) in [6.45, 7) is 1.92. The molecule has 0 atom stereocenters. The van der Waals surface area contributed by atoms with Crippen LogP contribution in [0.4, 0.5) is 5.69 Å². The maximum atomic E-state index is 12.2. The van der Waals surface area contributed by atoms with Crippen LogP contribution in [0.2, 0.25) is 0 Å². The molecule has 0 radical (unpaired) electrons. The monoisotopic (exact) mass is 249 g/mol. The highest BCUT2D eigenvalue weighted by Crippen LogP contribution is 2.42. The van der Waals surface area contributed by atoms with Crippen LogP contribution in [0, 0.1) is 12.3 Å². The Hall–Kier alpha value is -1.49. The first-order chi connectivity index (χ1) is 8.06. The number of nitrogens with zero attached hydrogens (tertiary/aromatic N) is 1. The highest BCUT2D eigenvalue weighted by atomic mass is 32.1. The van der Waals surface area contributed by atoms with Gasteiger partial charge in [0.15, 0.2) is 0 Å². The van der Waals surface area contributed by atoms with Gasteiger partial charge in [-0.25, -0.2) is 0 Å². The van der Waals surface area contributed by atoms with Crippen molar-refractivity contribution < 1.29 is 4.79 Å². The molecule has 4 nitrogen and oxygen atoms in total. The number of anilines is 1. The van der Waals surface area contributed by atoms with E-state index in [1.165, 1.54) is 0 Å². The SMILES string of the molecule is Cc1ccncc1NC(=O)C1(C(N)=S)CCC1. The fourth-order valence-electron chi connectivity index (χ4n) is 1.95. The first kappa shape index (κ1) is 12.0. The van der Waals surface area contributed by atoms with Crippen molar-refractivity contribution in [1.29, 1.82) is 0 Å². The van der Waals surface area contributed by atoms with Crippen molar-refractivity contribution in [3.63, 3.8) is 0 Å². The van der Waals surface area contributed by atoms with Gasteiger partial charge in [-0.2, -0.15) is 0 Å². The molecule has 0 aliphatic heterocycles. The number of nitrogens with two attached hydrogens (primary N) is 1. The second-order valence-corrected chi connectivity index (χ2v) is 4.88. The molecule has 1 heterocycles. The Morgan fingerprint density at radius 1 is 1.59 bits per heavy atom. The number of carbonyl (C=O) groups is 1. The van der Waals surface area contributed by atoms with Crippen LogP contribution < -0.4 is 11.1 Å². The molecule has 0 bridgehead atoms. The largest absolute Gasteiger partial charge is 0.392 e. The summed E-state index contributed by atoms with van der Waals surface area (Å²) in [7, 11) is 0. The van der Waals surface area contributed by atoms with Crippen LogP contribution in [-0.2, 0) is 4.79 Å². The van der Waals surface area contributed by atoms with E-state index in [9.17, 15) is 4.79 Å². The average Bonchev–Trinajstić information content (AvgIpc) is 2.19. The Labute approximate surface area is 106 Å². The van der Waals surface area contributed by atoms with E-state index in [4.69, 9.17) is 18.0 Å². The zero-order valence-electron chi connectivity index (χ0n) is 9.69. The third-order valence-electron chi connectivity index (χ3n) is 3.40. The van der Waals surface area contributed by atoms with E-state index in [0.717, 1.165) is 30.5 Å². The number of hydrogen-bond acceptors (Lipinski definition) is 3. The maximum absolute atomic E-state index is 12.2. The number of pyridine rings is 1. The van der Waals surface area contributed by atoms with Crippen molar-refractivity contribution in [3.8, 4) is 0 Å². The van der Waals surface area contributed by atoms with Gasteiger partial charge < -0.3 is 11.1 Å². The van der Waals surface area contributed by atoms with E-state index < -0.39 is 5.41 Å². The van der Waals surface area contributed by atoms with Crippen molar-refractivity contribution in [2.45, 2.75) is 26.2 Å². The first-order valence-electron chi connectivity index (χ1n) is 5.58. The molecule has 0 saturated heterocycles. The predicted molar refractivity (Wildman–Crippen MR) is 70.7 cm³/mol. The van der Waals surface area contributed by atoms with Crippen LogP contribution >= 0.6 is 12.2 Å². The van der Waals surface area contributed by atoms with Gasteiger partial charge in [0.1, 0.15) is 0 Å². The van der Waals surface area contributed by atoms with Crippen LogP contribution in [0.3, 0.4) is 0 Å². The lowest BCUT2D eigenvalue weighted by Gasteiger charge is -2.39. The van der Waals surface area contributed by atoms with Gasteiger partial charge in [-0.1, -0.05) is 18.6 Å². The van der Waals surface area contributed by atoms with Gasteiger partial charge in [0.2, 0.25) is 5.91 Å². The molecule has 1 aliphatic carbocycles. The van der Waals surface area contributed by atoms with Crippen LogP contribution in [0.15, 0.2) is 18.5 Å². The van der Waals surface area contributed by atoms with E-state index in [2.05, 4.69) is 10.3 Å². The number of nitrogens with one attached hydrogen (secondary N) is 1. The molecule has 1 amide bonds. The molecule has 1 fully saturated rings.